The highest BCUT2D eigenvalue weighted by Gasteiger charge is 2.32. The van der Waals surface area contributed by atoms with Crippen molar-refractivity contribution < 1.29 is 24.5 Å². The van der Waals surface area contributed by atoms with Crippen LogP contribution in [0.1, 0.15) is 25.5 Å². The molecule has 0 fully saturated rings. The number of ether oxygens (including phenoxy) is 2. The van der Waals surface area contributed by atoms with Crippen LogP contribution >= 0.6 is 15.9 Å². The van der Waals surface area contributed by atoms with Gasteiger partial charge in [-0.1, -0.05) is 13.8 Å². The van der Waals surface area contributed by atoms with E-state index in [1.165, 1.54) is 0 Å². The SMILES string of the molecule is CC(C)C(C(=O)O)C(O)c1cc(Br)c2c(c1)OCO2. The third kappa shape index (κ3) is 2.69. The van der Waals surface area contributed by atoms with Gasteiger partial charge in [-0.25, -0.2) is 0 Å². The first kappa shape index (κ1) is 14.1. The highest BCUT2D eigenvalue weighted by atomic mass is 79.9. The zero-order valence-corrected chi connectivity index (χ0v) is 12.2. The van der Waals surface area contributed by atoms with Crippen LogP contribution in [0.15, 0.2) is 16.6 Å². The van der Waals surface area contributed by atoms with Gasteiger partial charge in [-0.15, -0.1) is 0 Å². The van der Waals surface area contributed by atoms with Gasteiger partial charge in [0.2, 0.25) is 6.79 Å². The topological polar surface area (TPSA) is 76.0 Å². The first-order valence-corrected chi connectivity index (χ1v) is 6.71. The Morgan fingerprint density at radius 1 is 1.37 bits per heavy atom. The summed E-state index contributed by atoms with van der Waals surface area (Å²) in [6.45, 7) is 3.66. The van der Waals surface area contributed by atoms with E-state index in [2.05, 4.69) is 15.9 Å². The fourth-order valence-electron chi connectivity index (χ4n) is 2.15. The average Bonchev–Trinajstić information content (AvgIpc) is 2.76. The van der Waals surface area contributed by atoms with Gasteiger partial charge in [0.1, 0.15) is 0 Å². The minimum atomic E-state index is -1.09. The molecule has 0 saturated heterocycles. The summed E-state index contributed by atoms with van der Waals surface area (Å²) < 4.78 is 11.2. The zero-order valence-electron chi connectivity index (χ0n) is 10.6. The third-order valence-corrected chi connectivity index (χ3v) is 3.72. The molecule has 2 unspecified atom stereocenters. The number of hydrogen-bond acceptors (Lipinski definition) is 4. The normalized spacial score (nSPS) is 16.5. The average molecular weight is 331 g/mol. The molecule has 0 spiro atoms. The molecule has 2 rings (SSSR count). The maximum absolute atomic E-state index is 11.2. The number of halogens is 1. The van der Waals surface area contributed by atoms with E-state index in [1.807, 2.05) is 0 Å². The van der Waals surface area contributed by atoms with Crippen LogP contribution < -0.4 is 9.47 Å². The Hall–Kier alpha value is -1.27. The van der Waals surface area contributed by atoms with Crippen LogP contribution in [0.5, 0.6) is 11.5 Å². The molecule has 5 nitrogen and oxygen atoms in total. The van der Waals surface area contributed by atoms with Gasteiger partial charge < -0.3 is 19.7 Å². The molecule has 104 valence electrons. The van der Waals surface area contributed by atoms with E-state index in [1.54, 1.807) is 26.0 Å². The number of carbonyl (C=O) groups is 1. The smallest absolute Gasteiger partial charge is 0.309 e. The monoisotopic (exact) mass is 330 g/mol. The minimum Gasteiger partial charge on any atom is -0.481 e. The van der Waals surface area contributed by atoms with Crippen molar-refractivity contribution in [1.29, 1.82) is 0 Å². The van der Waals surface area contributed by atoms with Crippen LogP contribution in [-0.4, -0.2) is 23.0 Å². The van der Waals surface area contributed by atoms with E-state index in [4.69, 9.17) is 9.47 Å². The Morgan fingerprint density at radius 3 is 2.63 bits per heavy atom. The second-order valence-corrected chi connectivity index (χ2v) is 5.64. The summed E-state index contributed by atoms with van der Waals surface area (Å²) in [5, 5.41) is 19.5. The molecule has 0 amide bonds. The molecule has 0 radical (unpaired) electrons. The van der Waals surface area contributed by atoms with Crippen molar-refractivity contribution in [3.8, 4) is 11.5 Å². The maximum atomic E-state index is 11.2. The minimum absolute atomic E-state index is 0.125. The van der Waals surface area contributed by atoms with Crippen molar-refractivity contribution in [2.45, 2.75) is 20.0 Å². The predicted molar refractivity (Wildman–Crippen MR) is 71.2 cm³/mol. The van der Waals surface area contributed by atoms with Crippen molar-refractivity contribution in [2.75, 3.05) is 6.79 Å². The third-order valence-electron chi connectivity index (χ3n) is 3.13. The zero-order chi connectivity index (χ0) is 14.2. The number of aliphatic hydroxyl groups excluding tert-OH is 1. The van der Waals surface area contributed by atoms with Gasteiger partial charge in [0, 0.05) is 0 Å². The van der Waals surface area contributed by atoms with E-state index in [-0.39, 0.29) is 12.7 Å². The highest BCUT2D eigenvalue weighted by molar-refractivity contribution is 9.10. The van der Waals surface area contributed by atoms with Gasteiger partial charge in [-0.3, -0.25) is 4.79 Å². The summed E-state index contributed by atoms with van der Waals surface area (Å²) in [5.41, 5.74) is 0.497. The largest absolute Gasteiger partial charge is 0.481 e. The Labute approximate surface area is 119 Å². The Balaban J connectivity index is 2.36. The molecule has 1 aliphatic heterocycles. The van der Waals surface area contributed by atoms with Gasteiger partial charge >= 0.3 is 5.97 Å². The summed E-state index contributed by atoms with van der Waals surface area (Å²) in [6.07, 6.45) is -1.09. The number of carboxylic acids is 1. The second-order valence-electron chi connectivity index (χ2n) is 4.79. The highest BCUT2D eigenvalue weighted by Crippen LogP contribution is 2.42. The van der Waals surface area contributed by atoms with Crippen LogP contribution in [0.2, 0.25) is 0 Å². The summed E-state index contributed by atoms with van der Waals surface area (Å²) in [7, 11) is 0. The molecule has 0 aliphatic carbocycles. The summed E-state index contributed by atoms with van der Waals surface area (Å²) in [4.78, 5) is 11.2. The lowest BCUT2D eigenvalue weighted by atomic mass is 9.86. The Bertz CT molecular complexity index is 500. The molecule has 6 heteroatoms. The van der Waals surface area contributed by atoms with Gasteiger partial charge in [0.15, 0.2) is 11.5 Å². The molecule has 1 aliphatic rings. The molecular formula is C13H15BrO5. The lowest BCUT2D eigenvalue weighted by molar-refractivity contribution is -0.148. The number of rotatable bonds is 4. The van der Waals surface area contributed by atoms with Crippen molar-refractivity contribution in [3.63, 3.8) is 0 Å². The molecule has 2 N–H and O–H groups in total. The summed E-state index contributed by atoms with van der Waals surface area (Å²) >= 11 is 3.33. The van der Waals surface area contributed by atoms with Crippen molar-refractivity contribution in [1.82, 2.24) is 0 Å². The Morgan fingerprint density at radius 2 is 2.05 bits per heavy atom. The van der Waals surface area contributed by atoms with Gasteiger partial charge in [0.25, 0.3) is 0 Å². The fourth-order valence-corrected chi connectivity index (χ4v) is 2.72. The predicted octanol–water partition coefficient (Wildman–Crippen LogP) is 2.57. The first-order valence-electron chi connectivity index (χ1n) is 5.91. The molecule has 1 aromatic rings. The van der Waals surface area contributed by atoms with Crippen molar-refractivity contribution in [3.05, 3.63) is 22.2 Å². The second kappa shape index (κ2) is 5.38. The summed E-state index contributed by atoms with van der Waals surface area (Å²) in [6, 6.07) is 3.28. The van der Waals surface area contributed by atoms with E-state index in [9.17, 15) is 15.0 Å². The van der Waals surface area contributed by atoms with E-state index in [0.29, 0.717) is 21.5 Å². The first-order chi connectivity index (χ1) is 8.91. The van der Waals surface area contributed by atoms with E-state index in [0.717, 1.165) is 0 Å². The number of fused-ring (bicyclic) bond motifs is 1. The maximum Gasteiger partial charge on any atom is 0.309 e. The van der Waals surface area contributed by atoms with E-state index >= 15 is 0 Å². The van der Waals surface area contributed by atoms with Gasteiger partial charge in [0.05, 0.1) is 16.5 Å². The number of aliphatic hydroxyl groups is 1. The number of hydrogen-bond donors (Lipinski definition) is 2. The molecule has 19 heavy (non-hydrogen) atoms. The molecule has 0 aromatic heterocycles. The van der Waals surface area contributed by atoms with Crippen LogP contribution in [0.25, 0.3) is 0 Å². The van der Waals surface area contributed by atoms with Crippen LogP contribution in [-0.2, 0) is 4.79 Å². The molecule has 1 heterocycles. The lowest BCUT2D eigenvalue weighted by Crippen LogP contribution is -2.26. The summed E-state index contributed by atoms with van der Waals surface area (Å²) in [5.74, 6) is -0.982. The molecule has 0 saturated carbocycles. The van der Waals surface area contributed by atoms with E-state index < -0.39 is 18.0 Å². The van der Waals surface area contributed by atoms with Crippen molar-refractivity contribution in [2.24, 2.45) is 11.8 Å². The standard InChI is InChI=1S/C13H15BrO5/c1-6(2)10(13(16)17)11(15)7-3-8(14)12-9(4-7)18-5-19-12/h3-4,6,10-11,15H,5H2,1-2H3,(H,16,17). The quantitative estimate of drug-likeness (QED) is 0.887. The van der Waals surface area contributed by atoms with Crippen LogP contribution in [0, 0.1) is 11.8 Å². The number of aliphatic carboxylic acids is 1. The van der Waals surface area contributed by atoms with Gasteiger partial charge in [-0.05, 0) is 39.5 Å². The van der Waals surface area contributed by atoms with Crippen LogP contribution in [0.4, 0.5) is 0 Å². The molecule has 2 atom stereocenters. The fraction of sp³-hybridized carbons (Fsp3) is 0.462. The molecular weight excluding hydrogens is 316 g/mol. The van der Waals surface area contributed by atoms with Crippen molar-refractivity contribution >= 4 is 21.9 Å². The molecule has 1 aromatic carbocycles. The van der Waals surface area contributed by atoms with Crippen LogP contribution in [0.3, 0.4) is 0 Å². The number of benzene rings is 1. The lowest BCUT2D eigenvalue weighted by Gasteiger charge is -2.23. The molecule has 0 bridgehead atoms. The Kier molecular flexibility index (Phi) is 4.01. The number of carboxylic acid groups (broad SMARTS) is 1. The van der Waals surface area contributed by atoms with Gasteiger partial charge in [-0.2, -0.15) is 0 Å².